The molecule has 1 aliphatic carbocycles. The summed E-state index contributed by atoms with van der Waals surface area (Å²) in [6.07, 6.45) is 7.70. The minimum Gasteiger partial charge on any atom is -0.462 e. The van der Waals surface area contributed by atoms with Gasteiger partial charge in [0.2, 0.25) is 0 Å². The van der Waals surface area contributed by atoms with Gasteiger partial charge in [0.25, 0.3) is 0 Å². The van der Waals surface area contributed by atoms with E-state index in [2.05, 4.69) is 9.97 Å². The van der Waals surface area contributed by atoms with E-state index in [0.29, 0.717) is 0 Å². The van der Waals surface area contributed by atoms with E-state index in [1.165, 1.54) is 30.6 Å². The Morgan fingerprint density at radius 1 is 1.29 bits per heavy atom. The topological polar surface area (TPSA) is 52.1 Å². The lowest BCUT2D eigenvalue weighted by molar-refractivity contribution is -0.149. The van der Waals surface area contributed by atoms with Gasteiger partial charge in [0, 0.05) is 11.6 Å². The lowest BCUT2D eigenvalue weighted by atomic mass is 9.98. The van der Waals surface area contributed by atoms with Crippen molar-refractivity contribution in [1.82, 2.24) is 9.97 Å². The third kappa shape index (κ3) is 3.88. The van der Waals surface area contributed by atoms with E-state index >= 15 is 0 Å². The number of carbonyl (C=O) groups excluding carboxylic acids is 1. The maximum Gasteiger partial charge on any atom is 0.312 e. The SMILES string of the molecule is O=C(Cc1csc(-c2ccccn2)n1)OC1CCCCC1. The first-order valence-corrected chi connectivity index (χ1v) is 8.24. The predicted octanol–water partition coefficient (Wildman–Crippen LogP) is 3.62. The van der Waals surface area contributed by atoms with E-state index in [1.54, 1.807) is 6.20 Å². The number of pyridine rings is 1. The standard InChI is InChI=1S/C16H18N2O2S/c19-15(20-13-6-2-1-3-7-13)10-12-11-21-16(18-12)14-8-4-5-9-17-14/h4-5,8-9,11,13H,1-3,6-7,10H2. The molecule has 0 radical (unpaired) electrons. The molecule has 1 saturated carbocycles. The van der Waals surface area contributed by atoms with Crippen molar-refractivity contribution in [3.8, 4) is 10.7 Å². The van der Waals surface area contributed by atoms with Gasteiger partial charge >= 0.3 is 5.97 Å². The summed E-state index contributed by atoms with van der Waals surface area (Å²) in [5, 5.41) is 2.75. The first-order chi connectivity index (χ1) is 10.3. The summed E-state index contributed by atoms with van der Waals surface area (Å²) >= 11 is 1.51. The molecule has 0 bridgehead atoms. The molecular weight excluding hydrogens is 284 g/mol. The Hall–Kier alpha value is -1.75. The van der Waals surface area contributed by atoms with Crippen LogP contribution in [0.4, 0.5) is 0 Å². The summed E-state index contributed by atoms with van der Waals surface area (Å²) in [4.78, 5) is 20.7. The highest BCUT2D eigenvalue weighted by atomic mass is 32.1. The average Bonchev–Trinajstić information content (AvgIpc) is 2.97. The molecule has 0 amide bonds. The van der Waals surface area contributed by atoms with Crippen LogP contribution in [0.1, 0.15) is 37.8 Å². The predicted molar refractivity (Wildman–Crippen MR) is 82.0 cm³/mol. The van der Waals surface area contributed by atoms with Crippen molar-refractivity contribution in [3.63, 3.8) is 0 Å². The summed E-state index contributed by atoms with van der Waals surface area (Å²) in [6.45, 7) is 0. The Balaban J connectivity index is 1.58. The van der Waals surface area contributed by atoms with E-state index in [-0.39, 0.29) is 18.5 Å². The van der Waals surface area contributed by atoms with Gasteiger partial charge in [0.05, 0.1) is 17.8 Å². The van der Waals surface area contributed by atoms with Gasteiger partial charge in [0.1, 0.15) is 11.1 Å². The zero-order chi connectivity index (χ0) is 14.5. The number of nitrogens with zero attached hydrogens (tertiary/aromatic N) is 2. The lowest BCUT2D eigenvalue weighted by Crippen LogP contribution is -2.22. The molecule has 2 aromatic rings. The first-order valence-electron chi connectivity index (χ1n) is 7.36. The molecule has 110 valence electrons. The molecule has 0 saturated heterocycles. The fourth-order valence-corrected chi connectivity index (χ4v) is 3.35. The Morgan fingerprint density at radius 2 is 2.14 bits per heavy atom. The molecule has 5 heteroatoms. The van der Waals surface area contributed by atoms with Gasteiger partial charge in [-0.3, -0.25) is 9.78 Å². The highest BCUT2D eigenvalue weighted by Gasteiger charge is 2.18. The molecule has 21 heavy (non-hydrogen) atoms. The number of carbonyl (C=O) groups is 1. The monoisotopic (exact) mass is 302 g/mol. The second kappa shape index (κ2) is 6.80. The van der Waals surface area contributed by atoms with Crippen molar-refractivity contribution in [3.05, 3.63) is 35.5 Å². The van der Waals surface area contributed by atoms with Crippen LogP contribution in [0.3, 0.4) is 0 Å². The second-order valence-electron chi connectivity index (χ2n) is 5.29. The van der Waals surface area contributed by atoms with Gasteiger partial charge in [-0.05, 0) is 37.8 Å². The Labute approximate surface area is 128 Å². The van der Waals surface area contributed by atoms with Crippen molar-refractivity contribution in [2.24, 2.45) is 0 Å². The third-order valence-corrected chi connectivity index (χ3v) is 4.53. The van der Waals surface area contributed by atoms with E-state index in [4.69, 9.17) is 4.74 Å². The van der Waals surface area contributed by atoms with E-state index in [0.717, 1.165) is 29.2 Å². The van der Waals surface area contributed by atoms with Crippen molar-refractivity contribution in [1.29, 1.82) is 0 Å². The minimum atomic E-state index is -0.167. The summed E-state index contributed by atoms with van der Waals surface area (Å²) in [5.41, 5.74) is 1.61. The molecule has 0 spiro atoms. The largest absolute Gasteiger partial charge is 0.462 e. The number of rotatable bonds is 4. The Bertz CT molecular complexity index is 591. The molecule has 0 aliphatic heterocycles. The third-order valence-electron chi connectivity index (χ3n) is 3.61. The number of aromatic nitrogens is 2. The molecule has 4 nitrogen and oxygen atoms in total. The van der Waals surface area contributed by atoms with Crippen LogP contribution in [-0.4, -0.2) is 22.0 Å². The van der Waals surface area contributed by atoms with E-state index < -0.39 is 0 Å². The van der Waals surface area contributed by atoms with Gasteiger partial charge in [-0.15, -0.1) is 11.3 Å². The highest BCUT2D eigenvalue weighted by Crippen LogP contribution is 2.23. The lowest BCUT2D eigenvalue weighted by Gasteiger charge is -2.21. The molecular formula is C16H18N2O2S. The molecule has 2 heterocycles. The Morgan fingerprint density at radius 3 is 2.90 bits per heavy atom. The molecule has 0 atom stereocenters. The van der Waals surface area contributed by atoms with Crippen molar-refractivity contribution in [2.75, 3.05) is 0 Å². The molecule has 1 aliphatic rings. The van der Waals surface area contributed by atoms with Crippen LogP contribution in [0, 0.1) is 0 Å². The van der Waals surface area contributed by atoms with Crippen LogP contribution in [0.2, 0.25) is 0 Å². The van der Waals surface area contributed by atoms with E-state index in [9.17, 15) is 4.79 Å². The quantitative estimate of drug-likeness (QED) is 0.809. The van der Waals surface area contributed by atoms with Gasteiger partial charge in [-0.1, -0.05) is 12.5 Å². The zero-order valence-electron chi connectivity index (χ0n) is 11.8. The van der Waals surface area contributed by atoms with Crippen LogP contribution >= 0.6 is 11.3 Å². The minimum absolute atomic E-state index is 0.111. The Kier molecular flexibility index (Phi) is 4.60. The number of thiazole rings is 1. The van der Waals surface area contributed by atoms with Crippen LogP contribution in [-0.2, 0) is 16.0 Å². The van der Waals surface area contributed by atoms with Crippen molar-refractivity contribution < 1.29 is 9.53 Å². The normalized spacial score (nSPS) is 15.8. The van der Waals surface area contributed by atoms with Gasteiger partial charge in [0.15, 0.2) is 0 Å². The fraction of sp³-hybridized carbons (Fsp3) is 0.438. The molecule has 0 aromatic carbocycles. The van der Waals surface area contributed by atoms with Gasteiger partial charge in [-0.2, -0.15) is 0 Å². The maximum atomic E-state index is 12.0. The van der Waals surface area contributed by atoms with Gasteiger partial charge < -0.3 is 4.74 Å². The van der Waals surface area contributed by atoms with Crippen LogP contribution in [0.5, 0.6) is 0 Å². The number of esters is 1. The van der Waals surface area contributed by atoms with Crippen molar-refractivity contribution in [2.45, 2.75) is 44.6 Å². The second-order valence-corrected chi connectivity index (χ2v) is 6.14. The summed E-state index contributed by atoms with van der Waals surface area (Å²) < 4.78 is 5.52. The maximum absolute atomic E-state index is 12.0. The highest BCUT2D eigenvalue weighted by molar-refractivity contribution is 7.13. The van der Waals surface area contributed by atoms with Crippen LogP contribution in [0.15, 0.2) is 29.8 Å². The van der Waals surface area contributed by atoms with Crippen LogP contribution < -0.4 is 0 Å². The zero-order valence-corrected chi connectivity index (χ0v) is 12.6. The number of hydrogen-bond donors (Lipinski definition) is 0. The number of hydrogen-bond acceptors (Lipinski definition) is 5. The molecule has 3 rings (SSSR count). The average molecular weight is 302 g/mol. The fourth-order valence-electron chi connectivity index (χ4n) is 2.55. The first kappa shape index (κ1) is 14.2. The van der Waals surface area contributed by atoms with E-state index in [1.807, 2.05) is 23.6 Å². The molecule has 2 aromatic heterocycles. The van der Waals surface area contributed by atoms with Crippen LogP contribution in [0.25, 0.3) is 10.7 Å². The molecule has 0 N–H and O–H groups in total. The summed E-state index contributed by atoms with van der Waals surface area (Å²) in [6, 6.07) is 5.73. The number of ether oxygens (including phenoxy) is 1. The van der Waals surface area contributed by atoms with Gasteiger partial charge in [-0.25, -0.2) is 4.98 Å². The summed E-state index contributed by atoms with van der Waals surface area (Å²) in [5.74, 6) is -0.167. The summed E-state index contributed by atoms with van der Waals surface area (Å²) in [7, 11) is 0. The molecule has 1 fully saturated rings. The smallest absolute Gasteiger partial charge is 0.312 e. The molecule has 0 unspecified atom stereocenters. The van der Waals surface area contributed by atoms with Crippen molar-refractivity contribution >= 4 is 17.3 Å².